The number of Topliss-reactive ketones (excluding diaryl/α,β-unsaturated/α-hetero) is 1. The number of aliphatic hydroxyl groups is 1. The van der Waals surface area contributed by atoms with Crippen molar-refractivity contribution >= 4 is 46.1 Å². The molecule has 230 valence electrons. The number of hydrogen-bond donors (Lipinski definition) is 4. The second-order valence-corrected chi connectivity index (χ2v) is 9.85. The zero-order valence-electron chi connectivity index (χ0n) is 24.4. The van der Waals surface area contributed by atoms with Crippen LogP contribution in [0.3, 0.4) is 0 Å². The number of hydrogen-bond acceptors (Lipinski definition) is 7. The number of carboxylic acids is 1. The first-order chi connectivity index (χ1) is 20.9. The van der Waals surface area contributed by atoms with Crippen LogP contribution < -0.4 is 5.32 Å². The molecular weight excluding hydrogens is 568 g/mol. The van der Waals surface area contributed by atoms with E-state index < -0.39 is 41.9 Å². The number of terminal acetylenes is 2. The van der Waals surface area contributed by atoms with E-state index in [1.807, 2.05) is 6.07 Å². The van der Waals surface area contributed by atoms with E-state index in [-0.39, 0.29) is 30.2 Å². The van der Waals surface area contributed by atoms with Crippen LogP contribution >= 0.6 is 0 Å². The van der Waals surface area contributed by atoms with Crippen LogP contribution in [0.25, 0.3) is 10.9 Å². The Balaban J connectivity index is 0.00000162. The van der Waals surface area contributed by atoms with Gasteiger partial charge in [-0.3, -0.25) is 24.0 Å². The second kappa shape index (κ2) is 15.7. The van der Waals surface area contributed by atoms with Crippen LogP contribution in [0.1, 0.15) is 41.0 Å². The molecule has 12 heteroatoms. The Labute approximate surface area is 255 Å². The quantitative estimate of drug-likeness (QED) is 0.125. The number of aliphatic carboxylic acids is 1. The Morgan fingerprint density at radius 2 is 1.52 bits per heavy atom. The molecule has 0 unspecified atom stereocenters. The standard InChI is InChI=1S/C28H30N4O8.2C2H2/c1-28(2,39)40-21(15-22(33)34)25(36)30-20-10-6-9-18-19(16-29-23(18)20)24(35)27(38)32-13-11-31(12-14-32)26(37)17-7-4-3-5-8-17;2*1-2/h3-10,16,21,29,39H,11-15H2,1-2H3,(H,30,36)(H,33,34);2*1-2H/t21-;;/m1../s1. The Kier molecular flexibility index (Phi) is 12.4. The summed E-state index contributed by atoms with van der Waals surface area (Å²) in [6.45, 7) is 3.55. The fraction of sp³-hybridized carbons (Fsp3) is 0.281. The van der Waals surface area contributed by atoms with Crippen molar-refractivity contribution in [2.75, 3.05) is 31.5 Å². The van der Waals surface area contributed by atoms with Gasteiger partial charge in [0.1, 0.15) is 6.10 Å². The van der Waals surface area contributed by atoms with E-state index in [4.69, 9.17) is 9.84 Å². The molecule has 3 aromatic rings. The predicted octanol–water partition coefficient (Wildman–Crippen LogP) is 2.36. The molecule has 12 nitrogen and oxygen atoms in total. The molecule has 44 heavy (non-hydrogen) atoms. The molecule has 4 rings (SSSR count). The van der Waals surface area contributed by atoms with E-state index in [0.717, 1.165) is 0 Å². The van der Waals surface area contributed by atoms with Gasteiger partial charge >= 0.3 is 5.97 Å². The number of nitrogens with zero attached hydrogens (tertiary/aromatic N) is 2. The van der Waals surface area contributed by atoms with Gasteiger partial charge in [-0.2, -0.15) is 0 Å². The number of anilines is 1. The van der Waals surface area contributed by atoms with Gasteiger partial charge in [0.25, 0.3) is 23.5 Å². The summed E-state index contributed by atoms with van der Waals surface area (Å²) in [5.74, 6) is -5.44. The van der Waals surface area contributed by atoms with Crippen molar-refractivity contribution in [3.63, 3.8) is 0 Å². The Morgan fingerprint density at radius 1 is 0.932 bits per heavy atom. The number of piperazine rings is 1. The lowest BCUT2D eigenvalue weighted by Crippen LogP contribution is -2.52. The Morgan fingerprint density at radius 3 is 2.09 bits per heavy atom. The van der Waals surface area contributed by atoms with E-state index in [9.17, 15) is 29.1 Å². The van der Waals surface area contributed by atoms with Gasteiger partial charge in [-0.05, 0) is 32.0 Å². The molecule has 1 fully saturated rings. The number of nitrogens with one attached hydrogen (secondary N) is 2. The van der Waals surface area contributed by atoms with E-state index in [1.165, 1.54) is 31.0 Å². The van der Waals surface area contributed by atoms with Gasteiger partial charge in [0.05, 0.1) is 23.2 Å². The summed E-state index contributed by atoms with van der Waals surface area (Å²) in [5.41, 5.74) is 1.24. The zero-order chi connectivity index (χ0) is 33.0. The summed E-state index contributed by atoms with van der Waals surface area (Å²) < 4.78 is 5.21. The van der Waals surface area contributed by atoms with E-state index >= 15 is 0 Å². The number of H-pyrrole nitrogens is 1. The first-order valence-corrected chi connectivity index (χ1v) is 13.3. The van der Waals surface area contributed by atoms with Crippen molar-refractivity contribution in [3.8, 4) is 25.7 Å². The topological polar surface area (TPSA) is 169 Å². The van der Waals surface area contributed by atoms with Crippen LogP contribution in [0.5, 0.6) is 0 Å². The average molecular weight is 603 g/mol. The molecule has 0 aliphatic carbocycles. The second-order valence-electron chi connectivity index (χ2n) is 9.85. The van der Waals surface area contributed by atoms with Gasteiger partial charge in [-0.1, -0.05) is 30.3 Å². The Hall–Kier alpha value is -5.43. The first-order valence-electron chi connectivity index (χ1n) is 13.3. The highest BCUT2D eigenvalue weighted by atomic mass is 16.6. The fourth-order valence-corrected chi connectivity index (χ4v) is 4.49. The minimum absolute atomic E-state index is 0.105. The summed E-state index contributed by atoms with van der Waals surface area (Å²) in [4.78, 5) is 68.9. The maximum atomic E-state index is 13.2. The van der Waals surface area contributed by atoms with Gasteiger partial charge in [0.15, 0.2) is 5.79 Å². The number of benzene rings is 2. The molecule has 1 saturated heterocycles. The molecule has 1 atom stereocenters. The number of ketones is 1. The summed E-state index contributed by atoms with van der Waals surface area (Å²) in [6, 6.07) is 13.6. The van der Waals surface area contributed by atoms with Crippen LogP contribution in [0.15, 0.2) is 54.7 Å². The summed E-state index contributed by atoms with van der Waals surface area (Å²) in [6.07, 6.45) is 15.2. The van der Waals surface area contributed by atoms with Crippen LogP contribution in [0, 0.1) is 25.7 Å². The molecule has 0 saturated carbocycles. The third-order valence-corrected chi connectivity index (χ3v) is 6.37. The van der Waals surface area contributed by atoms with Gasteiger partial charge in [0, 0.05) is 43.3 Å². The number of aromatic nitrogens is 1. The SMILES string of the molecule is C#C.C#C.CC(C)(O)O[C@H](CC(=O)O)C(=O)Nc1cccc2c(C(=O)C(=O)N3CCN(C(=O)c4ccccc4)CC3)c[nH]c12. The largest absolute Gasteiger partial charge is 0.481 e. The highest BCUT2D eigenvalue weighted by Crippen LogP contribution is 2.27. The fourth-order valence-electron chi connectivity index (χ4n) is 4.49. The number of carboxylic acid groups (broad SMARTS) is 1. The van der Waals surface area contributed by atoms with Gasteiger partial charge < -0.3 is 35.1 Å². The van der Waals surface area contributed by atoms with Gasteiger partial charge in [-0.25, -0.2) is 0 Å². The van der Waals surface area contributed by atoms with Crippen molar-refractivity contribution in [1.29, 1.82) is 0 Å². The highest BCUT2D eigenvalue weighted by Gasteiger charge is 2.32. The number of rotatable bonds is 9. The Bertz CT molecular complexity index is 1520. The third-order valence-electron chi connectivity index (χ3n) is 6.37. The monoisotopic (exact) mass is 602 g/mol. The molecule has 0 radical (unpaired) electrons. The zero-order valence-corrected chi connectivity index (χ0v) is 24.4. The maximum absolute atomic E-state index is 13.2. The number of carbonyl (C=O) groups excluding carboxylic acids is 4. The molecule has 1 aliphatic heterocycles. The van der Waals surface area contributed by atoms with Gasteiger partial charge in [0.2, 0.25) is 0 Å². The number of carbonyl (C=O) groups is 5. The molecule has 0 spiro atoms. The summed E-state index contributed by atoms with van der Waals surface area (Å²) >= 11 is 0. The van der Waals surface area contributed by atoms with Gasteiger partial charge in [-0.15, -0.1) is 25.7 Å². The predicted molar refractivity (Wildman–Crippen MR) is 163 cm³/mol. The summed E-state index contributed by atoms with van der Waals surface area (Å²) in [7, 11) is 0. The minimum atomic E-state index is -1.75. The lowest BCUT2D eigenvalue weighted by molar-refractivity contribution is -0.207. The molecule has 1 aliphatic rings. The van der Waals surface area contributed by atoms with E-state index in [1.54, 1.807) is 41.3 Å². The molecular formula is C32H34N4O8. The number of aromatic amines is 1. The molecule has 4 N–H and O–H groups in total. The van der Waals surface area contributed by atoms with Crippen molar-refractivity contribution in [1.82, 2.24) is 14.8 Å². The minimum Gasteiger partial charge on any atom is -0.481 e. The number of para-hydroxylation sites is 1. The van der Waals surface area contributed by atoms with Crippen molar-refractivity contribution < 1.29 is 38.9 Å². The van der Waals surface area contributed by atoms with E-state index in [0.29, 0.717) is 29.6 Å². The van der Waals surface area contributed by atoms with Crippen LogP contribution in [0.2, 0.25) is 0 Å². The molecule has 1 aromatic heterocycles. The maximum Gasteiger partial charge on any atom is 0.306 e. The number of fused-ring (bicyclic) bond motifs is 1. The number of amides is 3. The molecule has 2 heterocycles. The molecule has 2 aromatic carbocycles. The van der Waals surface area contributed by atoms with E-state index in [2.05, 4.69) is 36.0 Å². The van der Waals surface area contributed by atoms with Crippen molar-refractivity contribution in [3.05, 3.63) is 65.9 Å². The first kappa shape index (κ1) is 34.8. The molecule has 3 amide bonds. The van der Waals surface area contributed by atoms with Crippen molar-refractivity contribution in [2.45, 2.75) is 32.2 Å². The number of ether oxygens (including phenoxy) is 1. The third kappa shape index (κ3) is 8.79. The summed E-state index contributed by atoms with van der Waals surface area (Å²) in [5, 5.41) is 22.0. The molecule has 0 bridgehead atoms. The normalized spacial score (nSPS) is 13.3. The average Bonchev–Trinajstić information content (AvgIpc) is 3.46. The van der Waals surface area contributed by atoms with Crippen LogP contribution in [-0.4, -0.2) is 92.5 Å². The van der Waals surface area contributed by atoms with Crippen molar-refractivity contribution in [2.24, 2.45) is 0 Å². The highest BCUT2D eigenvalue weighted by molar-refractivity contribution is 6.45. The lowest BCUT2D eigenvalue weighted by atomic mass is 10.1. The van der Waals surface area contributed by atoms with Crippen LogP contribution in [-0.2, 0) is 19.1 Å². The smallest absolute Gasteiger partial charge is 0.306 e. The van der Waals surface area contributed by atoms with Crippen LogP contribution in [0.4, 0.5) is 5.69 Å². The lowest BCUT2D eigenvalue weighted by Gasteiger charge is -2.34.